The van der Waals surface area contributed by atoms with Gasteiger partial charge in [0.15, 0.2) is 0 Å². The first-order valence-electron chi connectivity index (χ1n) is 7.17. The Morgan fingerprint density at radius 2 is 2.00 bits per heavy atom. The Labute approximate surface area is 138 Å². The summed E-state index contributed by atoms with van der Waals surface area (Å²) >= 11 is 7.10. The van der Waals surface area contributed by atoms with Crippen LogP contribution in [0.4, 0.5) is 0 Å². The van der Waals surface area contributed by atoms with Gasteiger partial charge in [0.05, 0.1) is 5.56 Å². The van der Waals surface area contributed by atoms with E-state index in [1.807, 2.05) is 25.1 Å². The number of hydrogen-bond donors (Lipinski definition) is 1. The fourth-order valence-corrected chi connectivity index (χ4v) is 4.02. The maximum atomic E-state index is 12.4. The molecule has 0 heterocycles. The van der Waals surface area contributed by atoms with Crippen LogP contribution in [0.25, 0.3) is 0 Å². The molecule has 0 aromatic heterocycles. The number of amides is 1. The van der Waals surface area contributed by atoms with Gasteiger partial charge in [-0.1, -0.05) is 46.8 Å². The summed E-state index contributed by atoms with van der Waals surface area (Å²) in [6.45, 7) is 2.77. The Hall–Kier alpha value is -0.350. The molecule has 0 bridgehead atoms. The molecular formula is C16H21Br2NO. The van der Waals surface area contributed by atoms with Crippen molar-refractivity contribution in [3.8, 4) is 0 Å². The molecular weight excluding hydrogens is 382 g/mol. The third-order valence-corrected chi connectivity index (χ3v) is 6.07. The van der Waals surface area contributed by atoms with E-state index >= 15 is 0 Å². The van der Waals surface area contributed by atoms with Crippen molar-refractivity contribution in [3.05, 3.63) is 33.8 Å². The molecule has 4 heteroatoms. The second-order valence-corrected chi connectivity index (χ2v) is 7.28. The average molecular weight is 403 g/mol. The Kier molecular flexibility index (Phi) is 5.67. The smallest absolute Gasteiger partial charge is 0.252 e. The lowest BCUT2D eigenvalue weighted by Crippen LogP contribution is -2.40. The summed E-state index contributed by atoms with van der Waals surface area (Å²) in [4.78, 5) is 12.4. The van der Waals surface area contributed by atoms with Gasteiger partial charge in [0.2, 0.25) is 0 Å². The third kappa shape index (κ3) is 3.85. The van der Waals surface area contributed by atoms with Gasteiger partial charge in [-0.25, -0.2) is 0 Å². The van der Waals surface area contributed by atoms with Gasteiger partial charge in [-0.2, -0.15) is 0 Å². The quantitative estimate of drug-likeness (QED) is 0.717. The monoisotopic (exact) mass is 401 g/mol. The maximum Gasteiger partial charge on any atom is 0.252 e. The molecule has 0 unspecified atom stereocenters. The summed E-state index contributed by atoms with van der Waals surface area (Å²) < 4.78 is 0.858. The summed E-state index contributed by atoms with van der Waals surface area (Å²) in [6.07, 6.45) is 6.28. The Morgan fingerprint density at radius 3 is 2.65 bits per heavy atom. The normalized spacial score (nSPS) is 17.8. The number of rotatable bonds is 4. The highest BCUT2D eigenvalue weighted by Gasteiger charge is 2.31. The van der Waals surface area contributed by atoms with E-state index in [2.05, 4.69) is 37.2 Å². The molecule has 1 aromatic rings. The van der Waals surface area contributed by atoms with Crippen LogP contribution in [0, 0.1) is 12.3 Å². The molecule has 0 aliphatic heterocycles. The molecule has 1 fully saturated rings. The molecule has 1 aromatic carbocycles. The Bertz CT molecular complexity index is 481. The minimum Gasteiger partial charge on any atom is -0.351 e. The largest absolute Gasteiger partial charge is 0.351 e. The van der Waals surface area contributed by atoms with Crippen molar-refractivity contribution in [2.24, 2.45) is 5.41 Å². The van der Waals surface area contributed by atoms with E-state index in [1.54, 1.807) is 0 Å². The molecule has 0 atom stereocenters. The van der Waals surface area contributed by atoms with Crippen molar-refractivity contribution in [2.45, 2.75) is 39.0 Å². The maximum absolute atomic E-state index is 12.4. The summed E-state index contributed by atoms with van der Waals surface area (Å²) in [5, 5.41) is 4.10. The van der Waals surface area contributed by atoms with Crippen LogP contribution in [0.5, 0.6) is 0 Å². The molecule has 0 radical (unpaired) electrons. The lowest BCUT2D eigenvalue weighted by Gasteiger charge is -2.35. The van der Waals surface area contributed by atoms with E-state index in [4.69, 9.17) is 0 Å². The summed E-state index contributed by atoms with van der Waals surface area (Å²) in [6, 6.07) is 5.87. The predicted octanol–water partition coefficient (Wildman–Crippen LogP) is 4.83. The zero-order valence-corrected chi connectivity index (χ0v) is 15.0. The zero-order chi connectivity index (χ0) is 14.6. The number of carbonyl (C=O) groups is 1. The van der Waals surface area contributed by atoms with Gasteiger partial charge in [0, 0.05) is 16.3 Å². The number of hydrogen-bond acceptors (Lipinski definition) is 1. The molecule has 1 aliphatic rings. The lowest BCUT2D eigenvalue weighted by atomic mass is 9.75. The first kappa shape index (κ1) is 16.0. The van der Waals surface area contributed by atoms with Gasteiger partial charge < -0.3 is 5.32 Å². The first-order chi connectivity index (χ1) is 9.56. The highest BCUT2D eigenvalue weighted by molar-refractivity contribution is 9.10. The number of benzene rings is 1. The minimum absolute atomic E-state index is 0.0199. The number of carbonyl (C=O) groups excluding carboxylic acids is 1. The van der Waals surface area contributed by atoms with Crippen molar-refractivity contribution in [2.75, 3.05) is 11.9 Å². The molecule has 2 rings (SSSR count). The van der Waals surface area contributed by atoms with E-state index in [9.17, 15) is 4.79 Å². The van der Waals surface area contributed by atoms with E-state index in [0.717, 1.165) is 27.5 Å². The molecule has 20 heavy (non-hydrogen) atoms. The van der Waals surface area contributed by atoms with Crippen LogP contribution in [0.1, 0.15) is 48.0 Å². The fourth-order valence-electron chi connectivity index (χ4n) is 2.84. The first-order valence-corrected chi connectivity index (χ1v) is 9.08. The van der Waals surface area contributed by atoms with E-state index in [0.29, 0.717) is 0 Å². The second-order valence-electron chi connectivity index (χ2n) is 5.86. The van der Waals surface area contributed by atoms with Crippen LogP contribution in [0.15, 0.2) is 22.7 Å². The number of halogens is 2. The molecule has 110 valence electrons. The molecule has 0 spiro atoms. The van der Waals surface area contributed by atoms with Gasteiger partial charge in [0.1, 0.15) is 0 Å². The lowest BCUT2D eigenvalue weighted by molar-refractivity contribution is 0.0921. The van der Waals surface area contributed by atoms with Gasteiger partial charge >= 0.3 is 0 Å². The Balaban J connectivity index is 2.02. The van der Waals surface area contributed by atoms with Gasteiger partial charge in [-0.15, -0.1) is 0 Å². The van der Waals surface area contributed by atoms with Crippen LogP contribution in [-0.4, -0.2) is 17.8 Å². The van der Waals surface area contributed by atoms with Crippen LogP contribution in [0.2, 0.25) is 0 Å². The van der Waals surface area contributed by atoms with Gasteiger partial charge in [0.25, 0.3) is 5.91 Å². The SMILES string of the molecule is Cc1ccc(Br)c(C(=O)NCC2(CBr)CCCCC2)c1. The Morgan fingerprint density at radius 1 is 1.30 bits per heavy atom. The fraction of sp³-hybridized carbons (Fsp3) is 0.562. The van der Waals surface area contributed by atoms with E-state index in [1.165, 1.54) is 32.1 Å². The molecule has 2 nitrogen and oxygen atoms in total. The van der Waals surface area contributed by atoms with Gasteiger partial charge in [-0.3, -0.25) is 4.79 Å². The molecule has 1 N–H and O–H groups in total. The van der Waals surface area contributed by atoms with E-state index in [-0.39, 0.29) is 11.3 Å². The number of aryl methyl sites for hydroxylation is 1. The molecule has 0 saturated heterocycles. The molecule has 1 saturated carbocycles. The van der Waals surface area contributed by atoms with Crippen LogP contribution >= 0.6 is 31.9 Å². The number of nitrogens with one attached hydrogen (secondary N) is 1. The summed E-state index contributed by atoms with van der Waals surface area (Å²) in [7, 11) is 0. The predicted molar refractivity (Wildman–Crippen MR) is 90.5 cm³/mol. The highest BCUT2D eigenvalue weighted by Crippen LogP contribution is 2.37. The van der Waals surface area contributed by atoms with Crippen molar-refractivity contribution in [1.29, 1.82) is 0 Å². The highest BCUT2D eigenvalue weighted by atomic mass is 79.9. The van der Waals surface area contributed by atoms with E-state index < -0.39 is 0 Å². The zero-order valence-electron chi connectivity index (χ0n) is 11.8. The molecule has 1 amide bonds. The second kappa shape index (κ2) is 7.08. The van der Waals surface area contributed by atoms with Crippen molar-refractivity contribution in [1.82, 2.24) is 5.32 Å². The topological polar surface area (TPSA) is 29.1 Å². The minimum atomic E-state index is 0.0199. The van der Waals surface area contributed by atoms with Gasteiger partial charge in [-0.05, 0) is 53.2 Å². The van der Waals surface area contributed by atoms with Crippen LogP contribution < -0.4 is 5.32 Å². The summed E-state index contributed by atoms with van der Waals surface area (Å²) in [5.74, 6) is 0.0199. The van der Waals surface area contributed by atoms with Crippen LogP contribution in [-0.2, 0) is 0 Å². The standard InChI is InChI=1S/C16H21Br2NO/c1-12-5-6-14(18)13(9-12)15(20)19-11-16(10-17)7-3-2-4-8-16/h5-6,9H,2-4,7-8,10-11H2,1H3,(H,19,20). The number of alkyl halides is 1. The van der Waals surface area contributed by atoms with Crippen LogP contribution in [0.3, 0.4) is 0 Å². The molecule has 1 aliphatic carbocycles. The van der Waals surface area contributed by atoms with Crippen molar-refractivity contribution >= 4 is 37.8 Å². The third-order valence-electron chi connectivity index (χ3n) is 4.19. The van der Waals surface area contributed by atoms with Crippen molar-refractivity contribution in [3.63, 3.8) is 0 Å². The van der Waals surface area contributed by atoms with Crippen molar-refractivity contribution < 1.29 is 4.79 Å². The summed E-state index contributed by atoms with van der Waals surface area (Å²) in [5.41, 5.74) is 2.07. The average Bonchev–Trinajstić information content (AvgIpc) is 2.48.